The predicted molar refractivity (Wildman–Crippen MR) is 110 cm³/mol. The van der Waals surface area contributed by atoms with Gasteiger partial charge in [0.2, 0.25) is 0 Å². The van der Waals surface area contributed by atoms with Gasteiger partial charge in [-0.25, -0.2) is 13.2 Å². The van der Waals surface area contributed by atoms with Crippen molar-refractivity contribution in [1.82, 2.24) is 0 Å². The van der Waals surface area contributed by atoms with E-state index >= 15 is 0 Å². The Balaban J connectivity index is 2.19. The lowest BCUT2D eigenvalue weighted by Gasteiger charge is -2.26. The lowest BCUT2D eigenvalue weighted by molar-refractivity contribution is -0.137. The highest BCUT2D eigenvalue weighted by Crippen LogP contribution is 2.35. The number of hydrogen-bond donors (Lipinski definition) is 1. The minimum Gasteiger partial charge on any atom is -0.478 e. The third-order valence-electron chi connectivity index (χ3n) is 4.38. The van der Waals surface area contributed by atoms with Crippen molar-refractivity contribution in [3.8, 4) is 0 Å². The highest BCUT2D eigenvalue weighted by molar-refractivity contribution is 7.93. The summed E-state index contributed by atoms with van der Waals surface area (Å²) in [5.74, 6) is -1.37. The van der Waals surface area contributed by atoms with Crippen molar-refractivity contribution >= 4 is 33.3 Å². The van der Waals surface area contributed by atoms with Gasteiger partial charge in [-0.15, -0.1) is 0 Å². The molecule has 0 aromatic heterocycles. The van der Waals surface area contributed by atoms with E-state index in [1.54, 1.807) is 30.3 Å². The number of anilines is 1. The summed E-state index contributed by atoms with van der Waals surface area (Å²) in [6.07, 6.45) is -4.68. The maximum absolute atomic E-state index is 13.5. The molecule has 0 bridgehead atoms. The summed E-state index contributed by atoms with van der Waals surface area (Å²) < 4.78 is 67.4. The minimum absolute atomic E-state index is 0.240. The Labute approximate surface area is 181 Å². The number of alkyl halides is 3. The molecule has 0 amide bonds. The third kappa shape index (κ3) is 5.00. The van der Waals surface area contributed by atoms with Crippen molar-refractivity contribution in [3.63, 3.8) is 0 Å². The second kappa shape index (κ2) is 8.60. The summed E-state index contributed by atoms with van der Waals surface area (Å²) in [5, 5.41) is 8.95. The molecule has 3 aromatic rings. The zero-order chi connectivity index (χ0) is 22.8. The molecule has 3 aromatic carbocycles. The first kappa shape index (κ1) is 22.6. The molecule has 0 heterocycles. The zero-order valence-corrected chi connectivity index (χ0v) is 17.2. The van der Waals surface area contributed by atoms with Gasteiger partial charge in [0, 0.05) is 0 Å². The van der Waals surface area contributed by atoms with Crippen LogP contribution < -0.4 is 4.31 Å². The van der Waals surface area contributed by atoms with Crippen LogP contribution in [0, 0.1) is 0 Å². The summed E-state index contributed by atoms with van der Waals surface area (Å²) in [5.41, 5.74) is -1.08. The Morgan fingerprint density at radius 3 is 2.26 bits per heavy atom. The molecule has 0 unspecified atom stereocenters. The second-order valence-electron chi connectivity index (χ2n) is 6.50. The molecule has 31 heavy (non-hydrogen) atoms. The lowest BCUT2D eigenvalue weighted by Crippen LogP contribution is -2.31. The van der Waals surface area contributed by atoms with Gasteiger partial charge in [-0.3, -0.25) is 4.31 Å². The topological polar surface area (TPSA) is 74.7 Å². The lowest BCUT2D eigenvalue weighted by atomic mass is 10.2. The zero-order valence-electron chi connectivity index (χ0n) is 15.7. The first-order chi connectivity index (χ1) is 14.5. The van der Waals surface area contributed by atoms with Crippen LogP contribution in [0.4, 0.5) is 18.9 Å². The number of carbonyl (C=O) groups is 1. The largest absolute Gasteiger partial charge is 0.478 e. The molecule has 3 rings (SSSR count). The number of carboxylic acids is 1. The van der Waals surface area contributed by atoms with Gasteiger partial charge in [0.1, 0.15) is 4.90 Å². The molecular weight excluding hydrogens is 455 g/mol. The van der Waals surface area contributed by atoms with Crippen LogP contribution >= 0.6 is 11.6 Å². The molecule has 162 valence electrons. The van der Waals surface area contributed by atoms with Crippen LogP contribution in [-0.4, -0.2) is 19.5 Å². The van der Waals surface area contributed by atoms with E-state index in [-0.39, 0.29) is 22.8 Å². The number of sulfonamides is 1. The number of benzene rings is 3. The van der Waals surface area contributed by atoms with Crippen molar-refractivity contribution in [2.75, 3.05) is 4.31 Å². The highest BCUT2D eigenvalue weighted by atomic mass is 35.5. The summed E-state index contributed by atoms with van der Waals surface area (Å²) in [4.78, 5) is 10.8. The molecule has 0 spiro atoms. The molecule has 10 heteroatoms. The molecule has 0 aliphatic rings. The van der Waals surface area contributed by atoms with Gasteiger partial charge in [0.05, 0.1) is 28.4 Å². The van der Waals surface area contributed by atoms with Gasteiger partial charge < -0.3 is 5.11 Å². The van der Waals surface area contributed by atoms with Crippen LogP contribution in [0.5, 0.6) is 0 Å². The first-order valence-electron chi connectivity index (χ1n) is 8.77. The van der Waals surface area contributed by atoms with Crippen molar-refractivity contribution in [2.24, 2.45) is 0 Å². The monoisotopic (exact) mass is 469 g/mol. The Bertz CT molecular complexity index is 1210. The van der Waals surface area contributed by atoms with Gasteiger partial charge in [-0.2, -0.15) is 13.2 Å². The summed E-state index contributed by atoms with van der Waals surface area (Å²) >= 11 is 6.05. The van der Waals surface area contributed by atoms with Crippen LogP contribution in [0.1, 0.15) is 21.5 Å². The quantitative estimate of drug-likeness (QED) is 0.520. The van der Waals surface area contributed by atoms with E-state index in [0.717, 1.165) is 40.7 Å². The number of nitrogens with zero attached hydrogens (tertiary/aromatic N) is 1. The number of halogens is 4. The van der Waals surface area contributed by atoms with E-state index in [1.807, 2.05) is 0 Å². The Hall–Kier alpha value is -3.04. The summed E-state index contributed by atoms with van der Waals surface area (Å²) in [7, 11) is -4.53. The molecule has 0 atom stereocenters. The molecule has 0 aliphatic heterocycles. The number of hydrogen-bond acceptors (Lipinski definition) is 3. The SMILES string of the molecule is O=C(O)c1ccc(Cl)c(S(=O)(=O)N(Cc2ccccc2)c2cccc(C(F)(F)F)c2)c1. The van der Waals surface area contributed by atoms with Crippen molar-refractivity contribution in [1.29, 1.82) is 0 Å². The number of carboxylic acid groups (broad SMARTS) is 1. The molecule has 0 radical (unpaired) electrons. The average molecular weight is 470 g/mol. The fraction of sp³-hybridized carbons (Fsp3) is 0.0952. The van der Waals surface area contributed by atoms with E-state index < -0.39 is 32.6 Å². The number of aromatic carboxylic acids is 1. The van der Waals surface area contributed by atoms with E-state index in [2.05, 4.69) is 0 Å². The molecule has 0 aliphatic carbocycles. The molecular formula is C21H15ClF3NO4S. The van der Waals surface area contributed by atoms with E-state index in [9.17, 15) is 31.5 Å². The predicted octanol–water partition coefficient (Wildman–Crippen LogP) is 5.45. The molecule has 5 nitrogen and oxygen atoms in total. The van der Waals surface area contributed by atoms with Gasteiger partial charge in [0.15, 0.2) is 0 Å². The van der Waals surface area contributed by atoms with Gasteiger partial charge in [0.25, 0.3) is 10.0 Å². The molecule has 0 saturated heterocycles. The van der Waals surface area contributed by atoms with Crippen molar-refractivity contribution in [3.05, 3.63) is 94.5 Å². The average Bonchev–Trinajstić information content (AvgIpc) is 2.72. The van der Waals surface area contributed by atoms with Gasteiger partial charge in [-0.1, -0.05) is 48.0 Å². The van der Waals surface area contributed by atoms with E-state index in [0.29, 0.717) is 5.56 Å². The van der Waals surface area contributed by atoms with Crippen LogP contribution in [-0.2, 0) is 22.7 Å². The van der Waals surface area contributed by atoms with Crippen molar-refractivity contribution in [2.45, 2.75) is 17.6 Å². The first-order valence-corrected chi connectivity index (χ1v) is 10.6. The maximum Gasteiger partial charge on any atom is 0.416 e. The van der Waals surface area contributed by atoms with E-state index in [1.165, 1.54) is 6.07 Å². The third-order valence-corrected chi connectivity index (χ3v) is 6.63. The van der Waals surface area contributed by atoms with Crippen LogP contribution in [0.25, 0.3) is 0 Å². The Kier molecular flexibility index (Phi) is 6.28. The fourth-order valence-electron chi connectivity index (χ4n) is 2.85. The number of rotatable bonds is 6. The summed E-state index contributed by atoms with van der Waals surface area (Å²) in [6.45, 7) is -0.294. The van der Waals surface area contributed by atoms with Crippen molar-refractivity contribution < 1.29 is 31.5 Å². The highest BCUT2D eigenvalue weighted by Gasteiger charge is 2.33. The van der Waals surface area contributed by atoms with Crippen LogP contribution in [0.2, 0.25) is 5.02 Å². The molecule has 0 fully saturated rings. The minimum atomic E-state index is -4.68. The standard InChI is InChI=1S/C21H15ClF3NO4S/c22-18-10-9-15(20(27)28)11-19(18)31(29,30)26(13-14-5-2-1-3-6-14)17-8-4-7-16(12-17)21(23,24)25/h1-12H,13H2,(H,27,28). The fourth-order valence-corrected chi connectivity index (χ4v) is 4.80. The smallest absolute Gasteiger partial charge is 0.416 e. The van der Waals surface area contributed by atoms with E-state index in [4.69, 9.17) is 11.6 Å². The molecule has 0 saturated carbocycles. The Morgan fingerprint density at radius 2 is 1.65 bits per heavy atom. The Morgan fingerprint density at radius 1 is 0.968 bits per heavy atom. The normalized spacial score (nSPS) is 11.9. The second-order valence-corrected chi connectivity index (χ2v) is 8.73. The maximum atomic E-state index is 13.5. The van der Waals surface area contributed by atoms with Crippen LogP contribution in [0.15, 0.2) is 77.7 Å². The van der Waals surface area contributed by atoms with Crippen LogP contribution in [0.3, 0.4) is 0 Å². The summed E-state index contributed by atoms with van der Waals surface area (Å²) in [6, 6.07) is 15.3. The van der Waals surface area contributed by atoms with Gasteiger partial charge >= 0.3 is 12.1 Å². The molecule has 1 N–H and O–H groups in total. The van der Waals surface area contributed by atoms with Gasteiger partial charge in [-0.05, 0) is 42.0 Å².